The van der Waals surface area contributed by atoms with E-state index in [4.69, 9.17) is 0 Å². The lowest BCUT2D eigenvalue weighted by Gasteiger charge is -2.26. The van der Waals surface area contributed by atoms with Crippen LogP contribution in [0.25, 0.3) is 0 Å². The SMILES string of the molecule is CCC(C)(CO)CNc1cccc(C)n1. The van der Waals surface area contributed by atoms with Gasteiger partial charge in [-0.25, -0.2) is 4.98 Å². The fourth-order valence-corrected chi connectivity index (χ4v) is 1.24. The van der Waals surface area contributed by atoms with Gasteiger partial charge in [-0.2, -0.15) is 0 Å². The molecule has 0 aliphatic carbocycles. The molecule has 1 unspecified atom stereocenters. The number of rotatable bonds is 5. The number of aromatic nitrogens is 1. The van der Waals surface area contributed by atoms with Crippen molar-refractivity contribution in [2.75, 3.05) is 18.5 Å². The van der Waals surface area contributed by atoms with Gasteiger partial charge in [-0.1, -0.05) is 19.9 Å². The largest absolute Gasteiger partial charge is 0.396 e. The predicted molar refractivity (Wildman–Crippen MR) is 62.9 cm³/mol. The average Bonchev–Trinajstić information content (AvgIpc) is 2.26. The summed E-state index contributed by atoms with van der Waals surface area (Å²) in [6, 6.07) is 5.89. The molecule has 0 spiro atoms. The number of nitrogens with zero attached hydrogens (tertiary/aromatic N) is 1. The van der Waals surface area contributed by atoms with E-state index in [1.807, 2.05) is 25.1 Å². The number of nitrogens with one attached hydrogen (secondary N) is 1. The van der Waals surface area contributed by atoms with Gasteiger partial charge < -0.3 is 10.4 Å². The van der Waals surface area contributed by atoms with Gasteiger partial charge in [0.15, 0.2) is 0 Å². The zero-order valence-electron chi connectivity index (χ0n) is 9.75. The first kappa shape index (κ1) is 12.0. The minimum absolute atomic E-state index is 0.0641. The lowest BCUT2D eigenvalue weighted by atomic mass is 9.89. The van der Waals surface area contributed by atoms with Crippen LogP contribution in [0, 0.1) is 12.3 Å². The van der Waals surface area contributed by atoms with Gasteiger partial charge in [0.1, 0.15) is 5.82 Å². The second-order valence-electron chi connectivity index (χ2n) is 4.34. The van der Waals surface area contributed by atoms with Gasteiger partial charge in [-0.15, -0.1) is 0 Å². The number of hydrogen-bond acceptors (Lipinski definition) is 3. The fourth-order valence-electron chi connectivity index (χ4n) is 1.24. The van der Waals surface area contributed by atoms with Crippen LogP contribution in [0.2, 0.25) is 0 Å². The molecule has 3 heteroatoms. The van der Waals surface area contributed by atoms with E-state index in [-0.39, 0.29) is 12.0 Å². The topological polar surface area (TPSA) is 45.1 Å². The number of aliphatic hydroxyl groups excluding tert-OH is 1. The van der Waals surface area contributed by atoms with Gasteiger partial charge in [0, 0.05) is 17.7 Å². The molecule has 1 aromatic heterocycles. The zero-order valence-corrected chi connectivity index (χ0v) is 9.75. The maximum Gasteiger partial charge on any atom is 0.126 e. The van der Waals surface area contributed by atoms with Crippen LogP contribution in [-0.2, 0) is 0 Å². The Bertz CT molecular complexity index is 308. The third-order valence-electron chi connectivity index (χ3n) is 2.82. The zero-order chi connectivity index (χ0) is 11.3. The highest BCUT2D eigenvalue weighted by molar-refractivity contribution is 5.35. The van der Waals surface area contributed by atoms with E-state index in [1.54, 1.807) is 0 Å². The Morgan fingerprint density at radius 2 is 2.20 bits per heavy atom. The summed E-state index contributed by atoms with van der Waals surface area (Å²) in [6.07, 6.45) is 0.947. The molecule has 0 radical (unpaired) electrons. The van der Waals surface area contributed by atoms with Crippen LogP contribution >= 0.6 is 0 Å². The van der Waals surface area contributed by atoms with E-state index in [0.717, 1.165) is 24.5 Å². The number of pyridine rings is 1. The third-order valence-corrected chi connectivity index (χ3v) is 2.82. The van der Waals surface area contributed by atoms with Crippen molar-refractivity contribution in [3.63, 3.8) is 0 Å². The summed E-state index contributed by atoms with van der Waals surface area (Å²) < 4.78 is 0. The minimum atomic E-state index is -0.0641. The summed E-state index contributed by atoms with van der Waals surface area (Å²) in [5.74, 6) is 0.878. The maximum atomic E-state index is 9.26. The van der Waals surface area contributed by atoms with Gasteiger partial charge in [0.25, 0.3) is 0 Å². The number of hydrogen-bond donors (Lipinski definition) is 2. The molecular formula is C12H20N2O. The molecule has 1 heterocycles. The molecule has 84 valence electrons. The number of aliphatic hydroxyl groups is 1. The Morgan fingerprint density at radius 3 is 2.73 bits per heavy atom. The quantitative estimate of drug-likeness (QED) is 0.779. The highest BCUT2D eigenvalue weighted by Crippen LogP contribution is 2.20. The first-order valence-electron chi connectivity index (χ1n) is 5.38. The predicted octanol–water partition coefficient (Wildman–Crippen LogP) is 2.21. The smallest absolute Gasteiger partial charge is 0.126 e. The molecule has 0 aliphatic heterocycles. The normalized spacial score (nSPS) is 14.7. The van der Waals surface area contributed by atoms with Crippen LogP contribution in [0.15, 0.2) is 18.2 Å². The maximum absolute atomic E-state index is 9.26. The van der Waals surface area contributed by atoms with E-state index in [2.05, 4.69) is 24.1 Å². The van der Waals surface area contributed by atoms with Crippen LogP contribution in [0.4, 0.5) is 5.82 Å². The molecule has 0 aromatic carbocycles. The van der Waals surface area contributed by atoms with Crippen LogP contribution in [0.3, 0.4) is 0 Å². The summed E-state index contributed by atoms with van der Waals surface area (Å²) in [5, 5.41) is 12.5. The molecule has 0 bridgehead atoms. The second kappa shape index (κ2) is 5.12. The van der Waals surface area contributed by atoms with Crippen LogP contribution < -0.4 is 5.32 Å². The summed E-state index contributed by atoms with van der Waals surface area (Å²) in [5.41, 5.74) is 0.938. The highest BCUT2D eigenvalue weighted by atomic mass is 16.3. The summed E-state index contributed by atoms with van der Waals surface area (Å²) in [4.78, 5) is 4.35. The van der Waals surface area contributed by atoms with Crippen molar-refractivity contribution >= 4 is 5.82 Å². The Labute approximate surface area is 91.5 Å². The molecule has 15 heavy (non-hydrogen) atoms. The highest BCUT2D eigenvalue weighted by Gasteiger charge is 2.20. The van der Waals surface area contributed by atoms with Crippen LogP contribution in [0.5, 0.6) is 0 Å². The first-order chi connectivity index (χ1) is 7.09. The Hall–Kier alpha value is -1.09. The van der Waals surface area contributed by atoms with Crippen LogP contribution in [-0.4, -0.2) is 23.2 Å². The van der Waals surface area contributed by atoms with Crippen molar-refractivity contribution < 1.29 is 5.11 Å². The van der Waals surface area contributed by atoms with Crippen molar-refractivity contribution in [1.82, 2.24) is 4.98 Å². The summed E-state index contributed by atoms with van der Waals surface area (Å²) in [6.45, 7) is 7.06. The lowest BCUT2D eigenvalue weighted by Crippen LogP contribution is -2.29. The lowest BCUT2D eigenvalue weighted by molar-refractivity contribution is 0.149. The van der Waals surface area contributed by atoms with Crippen molar-refractivity contribution in [1.29, 1.82) is 0 Å². The van der Waals surface area contributed by atoms with Crippen molar-refractivity contribution in [3.8, 4) is 0 Å². The van der Waals surface area contributed by atoms with E-state index >= 15 is 0 Å². The molecule has 1 atom stereocenters. The van der Waals surface area contributed by atoms with Crippen molar-refractivity contribution in [3.05, 3.63) is 23.9 Å². The molecular weight excluding hydrogens is 188 g/mol. The van der Waals surface area contributed by atoms with E-state index in [0.29, 0.717) is 0 Å². The molecule has 1 aromatic rings. The van der Waals surface area contributed by atoms with Crippen molar-refractivity contribution in [2.24, 2.45) is 5.41 Å². The molecule has 0 saturated heterocycles. The van der Waals surface area contributed by atoms with Gasteiger partial charge in [0.2, 0.25) is 0 Å². The number of anilines is 1. The monoisotopic (exact) mass is 208 g/mol. The average molecular weight is 208 g/mol. The Morgan fingerprint density at radius 1 is 1.47 bits per heavy atom. The second-order valence-corrected chi connectivity index (χ2v) is 4.34. The van der Waals surface area contributed by atoms with Crippen LogP contribution in [0.1, 0.15) is 26.0 Å². The molecule has 0 fully saturated rings. The first-order valence-corrected chi connectivity index (χ1v) is 5.38. The molecule has 0 saturated carbocycles. The molecule has 0 amide bonds. The Balaban J connectivity index is 2.56. The minimum Gasteiger partial charge on any atom is -0.396 e. The van der Waals surface area contributed by atoms with Gasteiger partial charge in [-0.05, 0) is 25.5 Å². The Kier molecular flexibility index (Phi) is 4.09. The van der Waals surface area contributed by atoms with Gasteiger partial charge >= 0.3 is 0 Å². The van der Waals surface area contributed by atoms with Crippen molar-refractivity contribution in [2.45, 2.75) is 27.2 Å². The molecule has 2 N–H and O–H groups in total. The summed E-state index contributed by atoms with van der Waals surface area (Å²) >= 11 is 0. The van der Waals surface area contributed by atoms with E-state index < -0.39 is 0 Å². The third kappa shape index (κ3) is 3.51. The molecule has 0 aliphatic rings. The fraction of sp³-hybridized carbons (Fsp3) is 0.583. The number of aryl methyl sites for hydroxylation is 1. The van der Waals surface area contributed by atoms with E-state index in [9.17, 15) is 5.11 Å². The van der Waals surface area contributed by atoms with Gasteiger partial charge in [-0.3, -0.25) is 0 Å². The molecule has 3 nitrogen and oxygen atoms in total. The molecule has 1 rings (SSSR count). The summed E-state index contributed by atoms with van der Waals surface area (Å²) in [7, 11) is 0. The standard InChI is InChI=1S/C12H20N2O/c1-4-12(3,9-15)8-13-11-7-5-6-10(2)14-11/h5-7,15H,4,8-9H2,1-3H3,(H,13,14). The van der Waals surface area contributed by atoms with E-state index in [1.165, 1.54) is 0 Å². The van der Waals surface area contributed by atoms with Gasteiger partial charge in [0.05, 0.1) is 6.61 Å².